The zero-order chi connectivity index (χ0) is 15.0. The van der Waals surface area contributed by atoms with Gasteiger partial charge >= 0.3 is 0 Å². The third-order valence-corrected chi connectivity index (χ3v) is 6.09. The van der Waals surface area contributed by atoms with Crippen molar-refractivity contribution in [3.05, 3.63) is 48.3 Å². The first-order valence-corrected chi connectivity index (χ1v) is 9.43. The van der Waals surface area contributed by atoms with Crippen molar-refractivity contribution in [2.75, 3.05) is 0 Å². The first-order chi connectivity index (χ1) is 10.1. The van der Waals surface area contributed by atoms with E-state index in [1.807, 2.05) is 18.2 Å². The molecule has 0 saturated carbocycles. The topological polar surface area (TPSA) is 34.4 Å². The van der Waals surface area contributed by atoms with Gasteiger partial charge in [-0.1, -0.05) is 27.3 Å². The normalized spacial score (nSPS) is 12.2. The highest BCUT2D eigenvalue weighted by Crippen LogP contribution is 2.24. The Balaban J connectivity index is 2.15. The van der Waals surface area contributed by atoms with Crippen LogP contribution in [0.3, 0.4) is 0 Å². The summed E-state index contributed by atoms with van der Waals surface area (Å²) in [5, 5.41) is 0. The SMILES string of the molecule is CCn1c(=NC(=O)c2ccc(Br)s2)sc2cc(Br)ccc21. The molecule has 0 N–H and O–H groups in total. The molecule has 1 amide bonds. The molecule has 0 fully saturated rings. The van der Waals surface area contributed by atoms with Gasteiger partial charge in [0.25, 0.3) is 5.91 Å². The second-order valence-electron chi connectivity index (χ2n) is 4.26. The molecule has 0 saturated heterocycles. The number of nitrogens with zero attached hydrogens (tertiary/aromatic N) is 2. The fraction of sp³-hybridized carbons (Fsp3) is 0.143. The maximum atomic E-state index is 12.2. The number of fused-ring (bicyclic) bond motifs is 1. The lowest BCUT2D eigenvalue weighted by molar-refractivity contribution is 0.100. The Labute approximate surface area is 146 Å². The van der Waals surface area contributed by atoms with E-state index in [0.29, 0.717) is 4.88 Å². The molecule has 0 spiro atoms. The highest BCUT2D eigenvalue weighted by atomic mass is 79.9. The number of hydrogen-bond acceptors (Lipinski definition) is 3. The molecule has 21 heavy (non-hydrogen) atoms. The van der Waals surface area contributed by atoms with Gasteiger partial charge in [0.15, 0.2) is 4.80 Å². The van der Waals surface area contributed by atoms with Gasteiger partial charge in [0.05, 0.1) is 18.9 Å². The van der Waals surface area contributed by atoms with Crippen LogP contribution in [-0.2, 0) is 6.54 Å². The quantitative estimate of drug-likeness (QED) is 0.543. The molecule has 3 nitrogen and oxygen atoms in total. The Morgan fingerprint density at radius 2 is 2.05 bits per heavy atom. The van der Waals surface area contributed by atoms with Crippen molar-refractivity contribution < 1.29 is 4.79 Å². The Morgan fingerprint density at radius 1 is 1.24 bits per heavy atom. The number of aryl methyl sites for hydroxylation is 1. The average Bonchev–Trinajstić information content (AvgIpc) is 3.01. The van der Waals surface area contributed by atoms with Crippen LogP contribution in [0.5, 0.6) is 0 Å². The molecular weight excluding hydrogens is 436 g/mol. The van der Waals surface area contributed by atoms with E-state index in [1.54, 1.807) is 6.07 Å². The summed E-state index contributed by atoms with van der Waals surface area (Å²) in [7, 11) is 0. The molecule has 1 aromatic carbocycles. The molecular formula is C14H10Br2N2OS2. The maximum Gasteiger partial charge on any atom is 0.289 e. The fourth-order valence-corrected chi connectivity index (χ4v) is 4.92. The Bertz CT molecular complexity index is 892. The van der Waals surface area contributed by atoms with Crippen molar-refractivity contribution in [2.24, 2.45) is 4.99 Å². The summed E-state index contributed by atoms with van der Waals surface area (Å²) in [4.78, 5) is 17.9. The molecule has 3 aromatic rings. The molecule has 3 rings (SSSR count). The zero-order valence-electron chi connectivity index (χ0n) is 11.0. The number of amides is 1. The molecule has 7 heteroatoms. The average molecular weight is 446 g/mol. The van der Waals surface area contributed by atoms with E-state index in [2.05, 4.69) is 54.4 Å². The maximum absolute atomic E-state index is 12.2. The minimum Gasteiger partial charge on any atom is -0.317 e. The van der Waals surface area contributed by atoms with Gasteiger partial charge in [0.1, 0.15) is 0 Å². The number of hydrogen-bond donors (Lipinski definition) is 0. The van der Waals surface area contributed by atoms with E-state index in [1.165, 1.54) is 22.7 Å². The summed E-state index contributed by atoms with van der Waals surface area (Å²) in [6.07, 6.45) is 0. The molecule has 0 aliphatic rings. The van der Waals surface area contributed by atoms with Crippen LogP contribution in [0.25, 0.3) is 10.2 Å². The highest BCUT2D eigenvalue weighted by Gasteiger charge is 2.10. The Hall–Kier alpha value is -0.760. The second kappa shape index (κ2) is 6.16. The van der Waals surface area contributed by atoms with Gasteiger partial charge in [0.2, 0.25) is 0 Å². The minimum atomic E-state index is -0.196. The zero-order valence-corrected chi connectivity index (χ0v) is 15.8. The van der Waals surface area contributed by atoms with Crippen molar-refractivity contribution in [1.29, 1.82) is 0 Å². The molecule has 2 heterocycles. The lowest BCUT2D eigenvalue weighted by Crippen LogP contribution is -2.15. The first-order valence-electron chi connectivity index (χ1n) is 6.22. The minimum absolute atomic E-state index is 0.196. The van der Waals surface area contributed by atoms with Crippen LogP contribution in [0, 0.1) is 0 Å². The van der Waals surface area contributed by atoms with Crippen molar-refractivity contribution in [3.63, 3.8) is 0 Å². The van der Waals surface area contributed by atoms with Gasteiger partial charge in [0, 0.05) is 11.0 Å². The van der Waals surface area contributed by atoms with Crippen LogP contribution in [0.1, 0.15) is 16.6 Å². The lowest BCUT2D eigenvalue weighted by Gasteiger charge is -1.99. The smallest absolute Gasteiger partial charge is 0.289 e. The van der Waals surface area contributed by atoms with Gasteiger partial charge in [-0.25, -0.2) is 0 Å². The van der Waals surface area contributed by atoms with Gasteiger partial charge in [-0.2, -0.15) is 4.99 Å². The molecule has 0 atom stereocenters. The molecule has 0 radical (unpaired) electrons. The predicted molar refractivity (Wildman–Crippen MR) is 95.1 cm³/mol. The molecule has 0 unspecified atom stereocenters. The summed E-state index contributed by atoms with van der Waals surface area (Å²) in [5.41, 5.74) is 1.10. The highest BCUT2D eigenvalue weighted by molar-refractivity contribution is 9.11. The summed E-state index contributed by atoms with van der Waals surface area (Å²) in [5.74, 6) is -0.196. The molecule has 2 aromatic heterocycles. The van der Waals surface area contributed by atoms with Gasteiger partial charge in [-0.05, 0) is 53.2 Å². The lowest BCUT2D eigenvalue weighted by atomic mass is 10.3. The van der Waals surface area contributed by atoms with Crippen molar-refractivity contribution in [2.45, 2.75) is 13.5 Å². The standard InChI is InChI=1S/C14H10Br2N2OS2/c1-2-18-9-4-3-8(15)7-11(9)21-14(18)17-13(19)10-5-6-12(16)20-10/h3-7H,2H2,1H3. The molecule has 0 aliphatic carbocycles. The number of benzene rings is 1. The van der Waals surface area contributed by atoms with Crippen LogP contribution in [0.2, 0.25) is 0 Å². The molecule has 0 aliphatic heterocycles. The molecule has 0 bridgehead atoms. The predicted octanol–water partition coefficient (Wildman–Crippen LogP) is 5.05. The molecule has 108 valence electrons. The van der Waals surface area contributed by atoms with Crippen LogP contribution < -0.4 is 4.80 Å². The van der Waals surface area contributed by atoms with Crippen LogP contribution in [0.4, 0.5) is 0 Å². The number of rotatable bonds is 2. The van der Waals surface area contributed by atoms with Crippen molar-refractivity contribution >= 4 is 70.7 Å². The van der Waals surface area contributed by atoms with Gasteiger partial charge in [-0.15, -0.1) is 11.3 Å². The number of thiazole rings is 1. The van der Waals surface area contributed by atoms with Crippen LogP contribution in [-0.4, -0.2) is 10.5 Å². The van der Waals surface area contributed by atoms with E-state index in [0.717, 1.165) is 29.8 Å². The summed E-state index contributed by atoms with van der Waals surface area (Å²) >= 11 is 9.77. The van der Waals surface area contributed by atoms with Crippen molar-refractivity contribution in [1.82, 2.24) is 4.57 Å². The number of aromatic nitrogens is 1. The fourth-order valence-electron chi connectivity index (χ4n) is 2.01. The first kappa shape index (κ1) is 15.1. The summed E-state index contributed by atoms with van der Waals surface area (Å²) in [6.45, 7) is 2.83. The third kappa shape index (κ3) is 3.06. The largest absolute Gasteiger partial charge is 0.317 e. The monoisotopic (exact) mass is 444 g/mol. The Morgan fingerprint density at radius 3 is 2.71 bits per heavy atom. The van der Waals surface area contributed by atoms with E-state index in [4.69, 9.17) is 0 Å². The second-order valence-corrected chi connectivity index (χ2v) is 8.65. The van der Waals surface area contributed by atoms with E-state index < -0.39 is 0 Å². The number of thiophene rings is 1. The summed E-state index contributed by atoms with van der Waals surface area (Å²) < 4.78 is 5.14. The van der Waals surface area contributed by atoms with Crippen LogP contribution in [0.15, 0.2) is 43.6 Å². The number of carbonyl (C=O) groups is 1. The summed E-state index contributed by atoms with van der Waals surface area (Å²) in [6, 6.07) is 9.76. The Kier molecular flexibility index (Phi) is 4.44. The van der Waals surface area contributed by atoms with E-state index in [-0.39, 0.29) is 5.91 Å². The number of halogens is 2. The van der Waals surface area contributed by atoms with Crippen molar-refractivity contribution in [3.8, 4) is 0 Å². The van der Waals surface area contributed by atoms with Gasteiger partial charge in [-0.3, -0.25) is 4.79 Å². The van der Waals surface area contributed by atoms with E-state index in [9.17, 15) is 4.79 Å². The third-order valence-electron chi connectivity index (χ3n) is 2.94. The van der Waals surface area contributed by atoms with E-state index >= 15 is 0 Å². The number of carbonyl (C=O) groups excluding carboxylic acids is 1. The van der Waals surface area contributed by atoms with Gasteiger partial charge < -0.3 is 4.57 Å². The van der Waals surface area contributed by atoms with Crippen LogP contribution >= 0.6 is 54.5 Å².